The number of methoxy groups -OCH3 is 1. The lowest BCUT2D eigenvalue weighted by Crippen LogP contribution is -2.17. The Hall–Kier alpha value is -0.160. The number of likely N-dealkylation sites (N-methyl/N-ethyl adjacent to an activating group) is 1. The Morgan fingerprint density at radius 3 is 1.53 bits per heavy atom. The maximum absolute atomic E-state index is 8.77. The number of rotatable bonds is 6. The quantitative estimate of drug-likeness (QED) is 0.776. The van der Waals surface area contributed by atoms with Gasteiger partial charge in [0.05, 0.1) is 12.7 Å². The lowest BCUT2D eigenvalue weighted by molar-refractivity contribution is 0.170. The first-order valence-electron chi connectivity index (χ1n) is 6.36. The van der Waals surface area contributed by atoms with E-state index in [2.05, 4.69) is 9.80 Å². The van der Waals surface area contributed by atoms with Crippen molar-refractivity contribution in [3.8, 4) is 0 Å². The van der Waals surface area contributed by atoms with Crippen LogP contribution in [0.3, 0.4) is 0 Å². The van der Waals surface area contributed by atoms with Crippen molar-refractivity contribution in [2.45, 2.75) is 33.3 Å². The Kier molecular flexibility index (Phi) is 23.6. The van der Waals surface area contributed by atoms with Gasteiger partial charge >= 0.3 is 0 Å². The molecule has 108 valence electrons. The second kappa shape index (κ2) is 18.2. The van der Waals surface area contributed by atoms with Crippen LogP contribution in [0.25, 0.3) is 0 Å². The first-order valence-corrected chi connectivity index (χ1v) is 6.36. The SMILES string of the molecule is CC.CC(O)CCN(C)C.COCCN(C)C. The fourth-order valence-corrected chi connectivity index (χ4v) is 0.719. The van der Waals surface area contributed by atoms with Crippen molar-refractivity contribution in [1.82, 2.24) is 9.80 Å². The lowest BCUT2D eigenvalue weighted by Gasteiger charge is -2.09. The summed E-state index contributed by atoms with van der Waals surface area (Å²) < 4.78 is 4.81. The highest BCUT2D eigenvalue weighted by molar-refractivity contribution is 4.49. The molecule has 0 spiro atoms. The number of aliphatic hydroxyl groups is 1. The molecule has 0 amide bonds. The van der Waals surface area contributed by atoms with Crippen molar-refractivity contribution in [2.75, 3.05) is 55.0 Å². The van der Waals surface area contributed by atoms with E-state index in [1.54, 1.807) is 7.11 Å². The summed E-state index contributed by atoms with van der Waals surface area (Å²) in [5, 5.41) is 8.77. The van der Waals surface area contributed by atoms with E-state index in [0.717, 1.165) is 26.1 Å². The van der Waals surface area contributed by atoms with Crippen LogP contribution < -0.4 is 0 Å². The Labute approximate surface area is 109 Å². The molecule has 0 aliphatic carbocycles. The van der Waals surface area contributed by atoms with Gasteiger partial charge in [-0.1, -0.05) is 13.8 Å². The Morgan fingerprint density at radius 1 is 1.00 bits per heavy atom. The van der Waals surface area contributed by atoms with Crippen molar-refractivity contribution in [3.63, 3.8) is 0 Å². The number of ether oxygens (including phenoxy) is 1. The van der Waals surface area contributed by atoms with E-state index in [1.165, 1.54) is 0 Å². The molecule has 1 unspecified atom stereocenters. The van der Waals surface area contributed by atoms with Crippen molar-refractivity contribution >= 4 is 0 Å². The molecular weight excluding hydrogens is 216 g/mol. The summed E-state index contributed by atoms with van der Waals surface area (Å²) in [6, 6.07) is 0. The summed E-state index contributed by atoms with van der Waals surface area (Å²) in [7, 11) is 9.77. The van der Waals surface area contributed by atoms with Crippen LogP contribution in [0.5, 0.6) is 0 Å². The zero-order valence-electron chi connectivity index (χ0n) is 13.2. The lowest BCUT2D eigenvalue weighted by atomic mass is 10.3. The van der Waals surface area contributed by atoms with Crippen molar-refractivity contribution in [2.24, 2.45) is 0 Å². The standard InChI is InChI=1S/C6H15NO.C5H13NO.C2H6/c1-6(8)4-5-7(2)3;1-6(2)4-5-7-3;1-2/h6,8H,4-5H2,1-3H3;4-5H2,1-3H3;1-2H3. The summed E-state index contributed by atoms with van der Waals surface area (Å²) in [6.45, 7) is 8.62. The van der Waals surface area contributed by atoms with Crippen LogP contribution in [0.4, 0.5) is 0 Å². The van der Waals surface area contributed by atoms with E-state index in [9.17, 15) is 0 Å². The molecule has 0 aromatic rings. The molecule has 1 N–H and O–H groups in total. The minimum Gasteiger partial charge on any atom is -0.393 e. The van der Waals surface area contributed by atoms with Crippen LogP contribution >= 0.6 is 0 Å². The number of hydrogen-bond acceptors (Lipinski definition) is 4. The average Bonchev–Trinajstić information content (AvgIpc) is 2.27. The van der Waals surface area contributed by atoms with E-state index in [4.69, 9.17) is 9.84 Å². The van der Waals surface area contributed by atoms with Crippen LogP contribution in [0, 0.1) is 0 Å². The zero-order chi connectivity index (χ0) is 14.3. The molecule has 0 radical (unpaired) electrons. The smallest absolute Gasteiger partial charge is 0.0589 e. The van der Waals surface area contributed by atoms with E-state index >= 15 is 0 Å². The molecular formula is C13H34N2O2. The Morgan fingerprint density at radius 2 is 1.41 bits per heavy atom. The van der Waals surface area contributed by atoms with Gasteiger partial charge in [-0.05, 0) is 48.1 Å². The number of aliphatic hydroxyl groups excluding tert-OH is 1. The third kappa shape index (κ3) is 38.8. The average molecular weight is 250 g/mol. The van der Waals surface area contributed by atoms with Crippen LogP contribution in [0.2, 0.25) is 0 Å². The molecule has 0 aromatic carbocycles. The van der Waals surface area contributed by atoms with Crippen LogP contribution in [0.1, 0.15) is 27.2 Å². The molecule has 17 heavy (non-hydrogen) atoms. The van der Waals surface area contributed by atoms with Gasteiger partial charge in [-0.2, -0.15) is 0 Å². The normalized spacial score (nSPS) is 11.5. The van der Waals surface area contributed by atoms with Gasteiger partial charge in [0.2, 0.25) is 0 Å². The highest BCUT2D eigenvalue weighted by atomic mass is 16.5. The molecule has 0 bridgehead atoms. The second-order valence-corrected chi connectivity index (χ2v) is 4.24. The molecule has 4 heteroatoms. The molecule has 0 aliphatic heterocycles. The summed E-state index contributed by atoms with van der Waals surface area (Å²) in [4.78, 5) is 4.15. The first-order chi connectivity index (χ1) is 7.90. The maximum Gasteiger partial charge on any atom is 0.0589 e. The highest BCUT2D eigenvalue weighted by Crippen LogP contribution is 1.88. The van der Waals surface area contributed by atoms with Crippen LogP contribution in [-0.2, 0) is 4.74 Å². The van der Waals surface area contributed by atoms with Gasteiger partial charge in [0.1, 0.15) is 0 Å². The minimum atomic E-state index is -0.155. The third-order valence-corrected chi connectivity index (χ3v) is 1.74. The molecule has 0 aromatic heterocycles. The fraction of sp³-hybridized carbons (Fsp3) is 1.00. The van der Waals surface area contributed by atoms with Crippen molar-refractivity contribution in [3.05, 3.63) is 0 Å². The largest absolute Gasteiger partial charge is 0.393 e. The molecule has 0 heterocycles. The second-order valence-electron chi connectivity index (χ2n) is 4.24. The van der Waals surface area contributed by atoms with Crippen molar-refractivity contribution in [1.29, 1.82) is 0 Å². The third-order valence-electron chi connectivity index (χ3n) is 1.74. The summed E-state index contributed by atoms with van der Waals surface area (Å²) in [6.07, 6.45) is 0.713. The van der Waals surface area contributed by atoms with Crippen LogP contribution in [-0.4, -0.2) is 76.0 Å². The predicted molar refractivity (Wildman–Crippen MR) is 76.6 cm³/mol. The summed E-state index contributed by atoms with van der Waals surface area (Å²) >= 11 is 0. The van der Waals surface area contributed by atoms with Gasteiger partial charge in [0.25, 0.3) is 0 Å². The van der Waals surface area contributed by atoms with Crippen LogP contribution in [0.15, 0.2) is 0 Å². The molecule has 4 nitrogen and oxygen atoms in total. The Bertz CT molecular complexity index is 110. The van der Waals surface area contributed by atoms with Gasteiger partial charge in [-0.25, -0.2) is 0 Å². The van der Waals surface area contributed by atoms with E-state index in [1.807, 2.05) is 49.0 Å². The fourth-order valence-electron chi connectivity index (χ4n) is 0.719. The van der Waals surface area contributed by atoms with Gasteiger partial charge in [-0.3, -0.25) is 0 Å². The van der Waals surface area contributed by atoms with Gasteiger partial charge in [0, 0.05) is 13.7 Å². The van der Waals surface area contributed by atoms with Gasteiger partial charge < -0.3 is 19.6 Å². The summed E-state index contributed by atoms with van der Waals surface area (Å²) in [5.74, 6) is 0. The minimum absolute atomic E-state index is 0.155. The van der Waals surface area contributed by atoms with Gasteiger partial charge in [0.15, 0.2) is 0 Å². The number of nitrogens with zero attached hydrogens (tertiary/aromatic N) is 2. The van der Waals surface area contributed by atoms with Crippen molar-refractivity contribution < 1.29 is 9.84 Å². The first kappa shape index (κ1) is 22.1. The zero-order valence-corrected chi connectivity index (χ0v) is 13.2. The maximum atomic E-state index is 8.77. The monoisotopic (exact) mass is 250 g/mol. The topological polar surface area (TPSA) is 35.9 Å². The predicted octanol–water partition coefficient (Wildman–Crippen LogP) is 1.54. The van der Waals surface area contributed by atoms with E-state index in [0.29, 0.717) is 0 Å². The Balaban J connectivity index is -0.000000202. The molecule has 0 fully saturated rings. The summed E-state index contributed by atoms with van der Waals surface area (Å²) in [5.41, 5.74) is 0. The van der Waals surface area contributed by atoms with Gasteiger partial charge in [-0.15, -0.1) is 0 Å². The van der Waals surface area contributed by atoms with E-state index < -0.39 is 0 Å². The highest BCUT2D eigenvalue weighted by Gasteiger charge is 1.94. The molecule has 0 saturated carbocycles. The molecule has 0 rings (SSSR count). The molecule has 0 aliphatic rings. The number of hydrogen-bond donors (Lipinski definition) is 1. The molecule has 1 atom stereocenters. The van der Waals surface area contributed by atoms with E-state index in [-0.39, 0.29) is 6.10 Å². The molecule has 0 saturated heterocycles.